The number of ether oxygens (including phenoxy) is 2. The fourth-order valence-corrected chi connectivity index (χ4v) is 2.95. The van der Waals surface area contributed by atoms with Gasteiger partial charge in [0.25, 0.3) is 0 Å². The van der Waals surface area contributed by atoms with Gasteiger partial charge in [0.05, 0.1) is 12.2 Å². The predicted molar refractivity (Wildman–Crippen MR) is 69.3 cm³/mol. The van der Waals surface area contributed by atoms with E-state index in [0.717, 1.165) is 32.4 Å². The van der Waals surface area contributed by atoms with E-state index in [0.29, 0.717) is 11.8 Å². The highest BCUT2D eigenvalue weighted by atomic mass is 16.5. The van der Waals surface area contributed by atoms with E-state index >= 15 is 0 Å². The first kappa shape index (κ1) is 13.8. The van der Waals surface area contributed by atoms with Crippen molar-refractivity contribution in [2.75, 3.05) is 13.2 Å². The van der Waals surface area contributed by atoms with Gasteiger partial charge in [0.1, 0.15) is 6.10 Å². The minimum atomic E-state index is -0.236. The molecular formula is C14H25NO3. The summed E-state index contributed by atoms with van der Waals surface area (Å²) in [6.45, 7) is 7.91. The van der Waals surface area contributed by atoms with Gasteiger partial charge in [-0.05, 0) is 32.1 Å². The van der Waals surface area contributed by atoms with Crippen molar-refractivity contribution in [2.45, 2.75) is 58.3 Å². The zero-order valence-corrected chi connectivity index (χ0v) is 11.6. The Morgan fingerprint density at radius 2 is 2.11 bits per heavy atom. The zero-order valence-electron chi connectivity index (χ0n) is 11.6. The van der Waals surface area contributed by atoms with Crippen LogP contribution in [0.4, 0.5) is 0 Å². The normalized spacial score (nSPS) is 36.2. The van der Waals surface area contributed by atoms with Crippen LogP contribution < -0.4 is 5.32 Å². The average molecular weight is 255 g/mol. The summed E-state index contributed by atoms with van der Waals surface area (Å²) in [5.41, 5.74) is 0. The summed E-state index contributed by atoms with van der Waals surface area (Å²) in [5, 5.41) is 3.03. The van der Waals surface area contributed by atoms with Crippen molar-refractivity contribution >= 4 is 5.91 Å². The number of carbonyl (C=O) groups excluding carboxylic acids is 1. The number of rotatable bonds is 4. The zero-order chi connectivity index (χ0) is 13.1. The van der Waals surface area contributed by atoms with Gasteiger partial charge in [-0.2, -0.15) is 0 Å². The number of amides is 1. The molecule has 104 valence electrons. The fourth-order valence-electron chi connectivity index (χ4n) is 2.95. The van der Waals surface area contributed by atoms with Gasteiger partial charge in [-0.3, -0.25) is 4.79 Å². The first-order chi connectivity index (χ1) is 8.58. The average Bonchev–Trinajstić information content (AvgIpc) is 2.94. The lowest BCUT2D eigenvalue weighted by Gasteiger charge is -2.22. The molecule has 2 rings (SSSR count). The Labute approximate surface area is 109 Å². The van der Waals surface area contributed by atoms with Crippen molar-refractivity contribution in [3.8, 4) is 0 Å². The Hall–Kier alpha value is -0.610. The third-order valence-corrected chi connectivity index (χ3v) is 3.98. The molecule has 0 aromatic carbocycles. The molecule has 4 atom stereocenters. The van der Waals surface area contributed by atoms with E-state index < -0.39 is 0 Å². The van der Waals surface area contributed by atoms with Gasteiger partial charge < -0.3 is 14.8 Å². The summed E-state index contributed by atoms with van der Waals surface area (Å²) in [7, 11) is 0. The molecule has 1 N–H and O–H groups in total. The molecule has 4 nitrogen and oxygen atoms in total. The molecule has 2 aliphatic heterocycles. The molecular weight excluding hydrogens is 230 g/mol. The topological polar surface area (TPSA) is 47.6 Å². The molecule has 0 radical (unpaired) electrons. The second-order valence-electron chi connectivity index (χ2n) is 5.89. The molecule has 18 heavy (non-hydrogen) atoms. The number of hydrogen-bond donors (Lipinski definition) is 1. The van der Waals surface area contributed by atoms with Crippen LogP contribution in [0.15, 0.2) is 0 Å². The molecule has 0 unspecified atom stereocenters. The van der Waals surface area contributed by atoms with Crippen molar-refractivity contribution in [1.82, 2.24) is 5.32 Å². The number of carbonyl (C=O) groups is 1. The third kappa shape index (κ3) is 3.23. The molecule has 0 aromatic heterocycles. The van der Waals surface area contributed by atoms with E-state index in [9.17, 15) is 4.79 Å². The van der Waals surface area contributed by atoms with Gasteiger partial charge >= 0.3 is 0 Å². The number of nitrogens with one attached hydrogen (secondary N) is 1. The van der Waals surface area contributed by atoms with Gasteiger partial charge in [0, 0.05) is 19.1 Å². The second kappa shape index (κ2) is 6.02. The molecule has 0 saturated carbocycles. The van der Waals surface area contributed by atoms with Crippen LogP contribution in [0.1, 0.15) is 40.0 Å². The predicted octanol–water partition coefficient (Wildman–Crippen LogP) is 1.73. The van der Waals surface area contributed by atoms with Crippen LogP contribution in [0, 0.1) is 11.8 Å². The molecule has 0 bridgehead atoms. The Kier molecular flexibility index (Phi) is 4.62. The van der Waals surface area contributed by atoms with Crippen LogP contribution >= 0.6 is 0 Å². The van der Waals surface area contributed by atoms with E-state index in [-0.39, 0.29) is 24.2 Å². The highest BCUT2D eigenvalue weighted by Gasteiger charge is 2.32. The van der Waals surface area contributed by atoms with E-state index in [1.807, 2.05) is 6.92 Å². The van der Waals surface area contributed by atoms with Crippen molar-refractivity contribution in [1.29, 1.82) is 0 Å². The Morgan fingerprint density at radius 3 is 2.72 bits per heavy atom. The molecule has 0 spiro atoms. The van der Waals surface area contributed by atoms with Crippen LogP contribution in [-0.2, 0) is 14.3 Å². The second-order valence-corrected chi connectivity index (χ2v) is 5.89. The van der Waals surface area contributed by atoms with Crippen molar-refractivity contribution in [3.05, 3.63) is 0 Å². The van der Waals surface area contributed by atoms with Crippen LogP contribution in [0.5, 0.6) is 0 Å². The minimum absolute atomic E-state index is 0.0498. The highest BCUT2D eigenvalue weighted by molar-refractivity contribution is 5.81. The molecule has 2 aliphatic rings. The smallest absolute Gasteiger partial charge is 0.249 e. The molecule has 2 fully saturated rings. The van der Waals surface area contributed by atoms with Gasteiger partial charge in [-0.15, -0.1) is 0 Å². The Bertz CT molecular complexity index is 293. The minimum Gasteiger partial charge on any atom is -0.378 e. The van der Waals surface area contributed by atoms with E-state index in [1.54, 1.807) is 0 Å². The van der Waals surface area contributed by atoms with Crippen molar-refractivity contribution in [2.24, 2.45) is 11.8 Å². The summed E-state index contributed by atoms with van der Waals surface area (Å²) in [6.07, 6.45) is 3.15. The van der Waals surface area contributed by atoms with E-state index in [4.69, 9.17) is 9.47 Å². The largest absolute Gasteiger partial charge is 0.378 e. The lowest BCUT2D eigenvalue weighted by atomic mass is 9.93. The maximum atomic E-state index is 11.9. The first-order valence-electron chi connectivity index (χ1n) is 7.12. The summed E-state index contributed by atoms with van der Waals surface area (Å²) < 4.78 is 11.3. The lowest BCUT2D eigenvalue weighted by Crippen LogP contribution is -2.40. The Morgan fingerprint density at radius 1 is 1.33 bits per heavy atom. The van der Waals surface area contributed by atoms with Crippen LogP contribution in [-0.4, -0.2) is 37.4 Å². The van der Waals surface area contributed by atoms with Crippen LogP contribution in [0.3, 0.4) is 0 Å². The summed E-state index contributed by atoms with van der Waals surface area (Å²) >= 11 is 0. The van der Waals surface area contributed by atoms with Gasteiger partial charge in [-0.25, -0.2) is 0 Å². The molecule has 2 saturated heterocycles. The Balaban J connectivity index is 1.75. The number of hydrogen-bond acceptors (Lipinski definition) is 3. The van der Waals surface area contributed by atoms with Gasteiger partial charge in [-0.1, -0.05) is 13.8 Å². The van der Waals surface area contributed by atoms with Crippen molar-refractivity contribution in [3.63, 3.8) is 0 Å². The SMILES string of the molecule is CC(C)[C@H]1OCC[C@@H]1CNC(=O)[C@H]1CC[C@@H](C)O1. The fraction of sp³-hybridized carbons (Fsp3) is 0.929. The quantitative estimate of drug-likeness (QED) is 0.832. The highest BCUT2D eigenvalue weighted by Crippen LogP contribution is 2.26. The van der Waals surface area contributed by atoms with Crippen molar-refractivity contribution < 1.29 is 14.3 Å². The van der Waals surface area contributed by atoms with Gasteiger partial charge in [0.2, 0.25) is 5.91 Å². The summed E-state index contributed by atoms with van der Waals surface area (Å²) in [6, 6.07) is 0. The maximum Gasteiger partial charge on any atom is 0.249 e. The maximum absolute atomic E-state index is 11.9. The molecule has 2 heterocycles. The van der Waals surface area contributed by atoms with E-state index in [2.05, 4.69) is 19.2 Å². The monoisotopic (exact) mass is 255 g/mol. The van der Waals surface area contributed by atoms with Crippen LogP contribution in [0.2, 0.25) is 0 Å². The molecule has 1 amide bonds. The molecule has 0 aromatic rings. The van der Waals surface area contributed by atoms with Gasteiger partial charge in [0.15, 0.2) is 0 Å². The van der Waals surface area contributed by atoms with Crippen LogP contribution in [0.25, 0.3) is 0 Å². The summed E-state index contributed by atoms with van der Waals surface area (Å²) in [4.78, 5) is 11.9. The molecule has 0 aliphatic carbocycles. The van der Waals surface area contributed by atoms with E-state index in [1.165, 1.54) is 0 Å². The first-order valence-corrected chi connectivity index (χ1v) is 7.12. The standard InChI is InChI=1S/C14H25NO3/c1-9(2)13-11(6-7-17-13)8-15-14(16)12-5-4-10(3)18-12/h9-13H,4-8H2,1-3H3,(H,15,16)/t10-,11-,12-,13-/m1/s1. The summed E-state index contributed by atoms with van der Waals surface area (Å²) in [5.74, 6) is 1.01. The molecule has 4 heteroatoms. The third-order valence-electron chi connectivity index (χ3n) is 3.98. The lowest BCUT2D eigenvalue weighted by molar-refractivity contribution is -0.132.